The normalized spacial score (nSPS) is 17.8. The number of rotatable bonds is 2. The van der Waals surface area contributed by atoms with Crippen LogP contribution in [0.4, 0.5) is 5.82 Å². The van der Waals surface area contributed by atoms with Crippen molar-refractivity contribution in [3.05, 3.63) is 17.8 Å². The minimum absolute atomic E-state index is 0.0683. The molecule has 1 aliphatic rings. The molecule has 1 saturated heterocycles. The fourth-order valence-corrected chi connectivity index (χ4v) is 2.29. The van der Waals surface area contributed by atoms with E-state index < -0.39 is 0 Å². The molecule has 4 heteroatoms. The van der Waals surface area contributed by atoms with Crippen LogP contribution >= 0.6 is 0 Å². The van der Waals surface area contributed by atoms with E-state index in [0.29, 0.717) is 6.04 Å². The van der Waals surface area contributed by atoms with Crippen LogP contribution in [0.5, 0.6) is 0 Å². The lowest BCUT2D eigenvalue weighted by Gasteiger charge is -2.32. The van der Waals surface area contributed by atoms with Gasteiger partial charge in [-0.2, -0.15) is 5.10 Å². The van der Waals surface area contributed by atoms with E-state index in [-0.39, 0.29) is 5.41 Å². The Bertz CT molecular complexity index is 374. The van der Waals surface area contributed by atoms with E-state index in [9.17, 15) is 0 Å². The predicted molar refractivity (Wildman–Crippen MR) is 75.0 cm³/mol. The van der Waals surface area contributed by atoms with Gasteiger partial charge in [-0.25, -0.2) is 0 Å². The van der Waals surface area contributed by atoms with Gasteiger partial charge >= 0.3 is 0 Å². The van der Waals surface area contributed by atoms with Crippen LogP contribution in [0.2, 0.25) is 0 Å². The van der Waals surface area contributed by atoms with Crippen LogP contribution in [-0.4, -0.2) is 36.4 Å². The SMILES string of the molecule is CN(c1ccc(C(C)(C)C)nn1)C1CCNCC1. The Labute approximate surface area is 110 Å². The molecule has 1 aliphatic heterocycles. The van der Waals surface area contributed by atoms with Crippen molar-refractivity contribution in [3.8, 4) is 0 Å². The van der Waals surface area contributed by atoms with Gasteiger partial charge in [0.25, 0.3) is 0 Å². The van der Waals surface area contributed by atoms with E-state index in [2.05, 4.69) is 60.4 Å². The smallest absolute Gasteiger partial charge is 0.151 e. The molecule has 1 fully saturated rings. The maximum Gasteiger partial charge on any atom is 0.151 e. The predicted octanol–water partition coefficient (Wildman–Crippen LogP) is 1.96. The summed E-state index contributed by atoms with van der Waals surface area (Å²) in [5, 5.41) is 12.1. The fourth-order valence-electron chi connectivity index (χ4n) is 2.29. The summed E-state index contributed by atoms with van der Waals surface area (Å²) in [4.78, 5) is 2.26. The van der Waals surface area contributed by atoms with Gasteiger partial charge in [0.1, 0.15) is 0 Å². The lowest BCUT2D eigenvalue weighted by molar-refractivity contribution is 0.440. The molecule has 0 spiro atoms. The molecule has 0 unspecified atom stereocenters. The summed E-state index contributed by atoms with van der Waals surface area (Å²) in [5.74, 6) is 0.981. The Morgan fingerprint density at radius 1 is 1.17 bits per heavy atom. The van der Waals surface area contributed by atoms with E-state index in [1.165, 1.54) is 12.8 Å². The van der Waals surface area contributed by atoms with Crippen molar-refractivity contribution >= 4 is 5.82 Å². The minimum atomic E-state index is 0.0683. The zero-order valence-corrected chi connectivity index (χ0v) is 11.9. The van der Waals surface area contributed by atoms with Crippen LogP contribution in [0.15, 0.2) is 12.1 Å². The second-order valence-electron chi connectivity index (χ2n) is 6.12. The van der Waals surface area contributed by atoms with Crippen LogP contribution in [0.1, 0.15) is 39.3 Å². The van der Waals surface area contributed by atoms with Crippen LogP contribution in [0, 0.1) is 0 Å². The Kier molecular flexibility index (Phi) is 3.85. The standard InChI is InChI=1S/C14H24N4/c1-14(2,3)12-5-6-13(17-16-12)18(4)11-7-9-15-10-8-11/h5-6,11,15H,7-10H2,1-4H3. The lowest BCUT2D eigenvalue weighted by Crippen LogP contribution is -2.41. The number of anilines is 1. The summed E-state index contributed by atoms with van der Waals surface area (Å²) < 4.78 is 0. The average molecular weight is 248 g/mol. The van der Waals surface area contributed by atoms with Gasteiger partial charge in [-0.15, -0.1) is 5.10 Å². The molecule has 2 heterocycles. The molecule has 2 rings (SSSR count). The quantitative estimate of drug-likeness (QED) is 0.868. The number of nitrogens with one attached hydrogen (secondary N) is 1. The van der Waals surface area contributed by atoms with Crippen LogP contribution in [0.25, 0.3) is 0 Å². The molecule has 0 aliphatic carbocycles. The van der Waals surface area contributed by atoms with Gasteiger partial charge in [0, 0.05) is 18.5 Å². The Balaban J connectivity index is 2.09. The Morgan fingerprint density at radius 2 is 1.83 bits per heavy atom. The van der Waals surface area contributed by atoms with E-state index in [1.54, 1.807) is 0 Å². The first-order valence-electron chi connectivity index (χ1n) is 6.76. The zero-order valence-electron chi connectivity index (χ0n) is 11.9. The lowest BCUT2D eigenvalue weighted by atomic mass is 9.92. The molecule has 0 aromatic carbocycles. The summed E-state index contributed by atoms with van der Waals surface area (Å²) in [6.07, 6.45) is 2.36. The molecule has 0 saturated carbocycles. The average Bonchev–Trinajstić information content (AvgIpc) is 2.38. The molecule has 1 aromatic heterocycles. The maximum absolute atomic E-state index is 4.38. The molecule has 0 radical (unpaired) electrons. The van der Waals surface area contributed by atoms with Gasteiger partial charge in [-0.3, -0.25) is 0 Å². The molecule has 0 atom stereocenters. The molecule has 1 N–H and O–H groups in total. The number of nitrogens with zero attached hydrogens (tertiary/aromatic N) is 3. The highest BCUT2D eigenvalue weighted by atomic mass is 15.3. The van der Waals surface area contributed by atoms with Crippen molar-refractivity contribution in [2.75, 3.05) is 25.0 Å². The molecule has 0 amide bonds. The third-order valence-corrected chi connectivity index (χ3v) is 3.64. The summed E-state index contributed by atoms with van der Waals surface area (Å²) in [6, 6.07) is 4.77. The number of aromatic nitrogens is 2. The second-order valence-corrected chi connectivity index (χ2v) is 6.12. The van der Waals surface area contributed by atoms with E-state index in [0.717, 1.165) is 24.6 Å². The van der Waals surface area contributed by atoms with E-state index in [1.807, 2.05) is 0 Å². The van der Waals surface area contributed by atoms with Crippen molar-refractivity contribution in [2.24, 2.45) is 0 Å². The molecule has 100 valence electrons. The van der Waals surface area contributed by atoms with Gasteiger partial charge < -0.3 is 10.2 Å². The van der Waals surface area contributed by atoms with Gasteiger partial charge in [0.2, 0.25) is 0 Å². The van der Waals surface area contributed by atoms with Gasteiger partial charge in [-0.1, -0.05) is 20.8 Å². The van der Waals surface area contributed by atoms with Crippen molar-refractivity contribution in [2.45, 2.75) is 45.1 Å². The van der Waals surface area contributed by atoms with Gasteiger partial charge in [-0.05, 0) is 38.1 Å². The topological polar surface area (TPSA) is 41.1 Å². The van der Waals surface area contributed by atoms with E-state index >= 15 is 0 Å². The molecular formula is C14H24N4. The highest BCUT2D eigenvalue weighted by molar-refractivity contribution is 5.38. The molecular weight excluding hydrogens is 224 g/mol. The Morgan fingerprint density at radius 3 is 2.33 bits per heavy atom. The molecule has 1 aromatic rings. The highest BCUT2D eigenvalue weighted by Crippen LogP contribution is 2.22. The molecule has 0 bridgehead atoms. The van der Waals surface area contributed by atoms with Gasteiger partial charge in [0.15, 0.2) is 5.82 Å². The molecule has 18 heavy (non-hydrogen) atoms. The summed E-state index contributed by atoms with van der Waals surface area (Å²) in [7, 11) is 2.12. The van der Waals surface area contributed by atoms with Gasteiger partial charge in [0.05, 0.1) is 5.69 Å². The Hall–Kier alpha value is -1.16. The largest absolute Gasteiger partial charge is 0.355 e. The second kappa shape index (κ2) is 5.22. The third-order valence-electron chi connectivity index (χ3n) is 3.64. The third kappa shape index (κ3) is 2.99. The number of hydrogen-bond acceptors (Lipinski definition) is 4. The minimum Gasteiger partial charge on any atom is -0.355 e. The summed E-state index contributed by atoms with van der Waals surface area (Å²) in [5.41, 5.74) is 1.11. The maximum atomic E-state index is 4.38. The summed E-state index contributed by atoms with van der Waals surface area (Å²) in [6.45, 7) is 8.68. The van der Waals surface area contributed by atoms with Crippen molar-refractivity contribution in [1.82, 2.24) is 15.5 Å². The fraction of sp³-hybridized carbons (Fsp3) is 0.714. The van der Waals surface area contributed by atoms with Crippen LogP contribution in [-0.2, 0) is 5.41 Å². The van der Waals surface area contributed by atoms with Crippen LogP contribution in [0.3, 0.4) is 0 Å². The zero-order chi connectivity index (χ0) is 13.2. The first-order valence-corrected chi connectivity index (χ1v) is 6.76. The summed E-state index contributed by atoms with van der Waals surface area (Å²) >= 11 is 0. The van der Waals surface area contributed by atoms with Crippen LogP contribution < -0.4 is 10.2 Å². The monoisotopic (exact) mass is 248 g/mol. The molecule has 4 nitrogen and oxygen atoms in total. The number of piperidine rings is 1. The van der Waals surface area contributed by atoms with Crippen molar-refractivity contribution in [3.63, 3.8) is 0 Å². The van der Waals surface area contributed by atoms with Crippen molar-refractivity contribution < 1.29 is 0 Å². The number of hydrogen-bond donors (Lipinski definition) is 1. The first kappa shape index (κ1) is 13.3. The van der Waals surface area contributed by atoms with E-state index in [4.69, 9.17) is 0 Å². The van der Waals surface area contributed by atoms with Crippen molar-refractivity contribution in [1.29, 1.82) is 0 Å². The first-order chi connectivity index (χ1) is 8.48. The highest BCUT2D eigenvalue weighted by Gasteiger charge is 2.20.